The molecule has 144 valence electrons. The standard InChI is InChI=1S/C26H20Cl2O/c27-23-13-5-1-9-19(23)17-21-11-3-7-15-25(21)29-26-16-8-4-12-22(26)18-20-10-2-6-14-24(20)28/h1-16H,17-18H2. The normalized spacial score (nSPS) is 10.7. The van der Waals surface area contributed by atoms with E-state index >= 15 is 0 Å². The molecule has 0 aromatic heterocycles. The molecule has 0 unspecified atom stereocenters. The van der Waals surface area contributed by atoms with E-state index in [2.05, 4.69) is 12.1 Å². The van der Waals surface area contributed by atoms with Gasteiger partial charge in [0, 0.05) is 22.9 Å². The first-order valence-electron chi connectivity index (χ1n) is 9.51. The fraction of sp³-hybridized carbons (Fsp3) is 0.0769. The van der Waals surface area contributed by atoms with Crippen LogP contribution >= 0.6 is 23.2 Å². The van der Waals surface area contributed by atoms with Gasteiger partial charge in [-0.15, -0.1) is 0 Å². The smallest absolute Gasteiger partial charge is 0.130 e. The first-order valence-corrected chi connectivity index (χ1v) is 10.3. The van der Waals surface area contributed by atoms with E-state index in [1.165, 1.54) is 0 Å². The van der Waals surface area contributed by atoms with E-state index in [1.807, 2.05) is 84.9 Å². The lowest BCUT2D eigenvalue weighted by Gasteiger charge is -2.15. The van der Waals surface area contributed by atoms with Crippen molar-refractivity contribution in [1.82, 2.24) is 0 Å². The Hall–Kier alpha value is -2.74. The van der Waals surface area contributed by atoms with Crippen molar-refractivity contribution in [1.29, 1.82) is 0 Å². The molecule has 4 rings (SSSR count). The number of rotatable bonds is 6. The van der Waals surface area contributed by atoms with Gasteiger partial charge in [0.15, 0.2) is 0 Å². The molecule has 0 N–H and O–H groups in total. The van der Waals surface area contributed by atoms with Gasteiger partial charge in [0.25, 0.3) is 0 Å². The zero-order valence-corrected chi connectivity index (χ0v) is 17.3. The molecule has 0 aliphatic carbocycles. The van der Waals surface area contributed by atoms with Crippen molar-refractivity contribution in [3.63, 3.8) is 0 Å². The Morgan fingerprint density at radius 2 is 0.793 bits per heavy atom. The van der Waals surface area contributed by atoms with Crippen LogP contribution in [-0.2, 0) is 12.8 Å². The molecule has 4 aromatic carbocycles. The van der Waals surface area contributed by atoms with Crippen LogP contribution in [0.4, 0.5) is 0 Å². The van der Waals surface area contributed by atoms with Gasteiger partial charge in [-0.25, -0.2) is 0 Å². The second-order valence-electron chi connectivity index (χ2n) is 6.85. The first kappa shape index (κ1) is 19.6. The quantitative estimate of drug-likeness (QED) is 0.308. The zero-order chi connectivity index (χ0) is 20.1. The number of ether oxygens (including phenoxy) is 1. The molecule has 0 saturated heterocycles. The minimum Gasteiger partial charge on any atom is -0.457 e. The Kier molecular flexibility index (Phi) is 6.19. The molecule has 0 spiro atoms. The average Bonchev–Trinajstić information content (AvgIpc) is 2.74. The van der Waals surface area contributed by atoms with Crippen molar-refractivity contribution >= 4 is 23.2 Å². The first-order chi connectivity index (χ1) is 14.2. The molecular formula is C26H20Cl2O. The van der Waals surface area contributed by atoms with Gasteiger partial charge < -0.3 is 4.74 Å². The molecule has 0 amide bonds. The number of hydrogen-bond acceptors (Lipinski definition) is 1. The van der Waals surface area contributed by atoms with E-state index in [0.717, 1.165) is 43.8 Å². The summed E-state index contributed by atoms with van der Waals surface area (Å²) in [5.74, 6) is 1.66. The van der Waals surface area contributed by atoms with E-state index < -0.39 is 0 Å². The molecule has 0 aliphatic rings. The fourth-order valence-electron chi connectivity index (χ4n) is 3.31. The Morgan fingerprint density at radius 1 is 0.448 bits per heavy atom. The lowest BCUT2D eigenvalue weighted by Crippen LogP contribution is -1.97. The summed E-state index contributed by atoms with van der Waals surface area (Å²) in [5.41, 5.74) is 4.34. The molecular weight excluding hydrogens is 399 g/mol. The van der Waals surface area contributed by atoms with Crippen LogP contribution in [0.3, 0.4) is 0 Å². The number of para-hydroxylation sites is 2. The highest BCUT2D eigenvalue weighted by molar-refractivity contribution is 6.31. The fourth-order valence-corrected chi connectivity index (χ4v) is 3.72. The minimum atomic E-state index is 0.711. The van der Waals surface area contributed by atoms with Crippen LogP contribution in [0, 0.1) is 0 Å². The summed E-state index contributed by atoms with van der Waals surface area (Å²) in [6.07, 6.45) is 1.42. The van der Waals surface area contributed by atoms with Crippen molar-refractivity contribution in [2.75, 3.05) is 0 Å². The third-order valence-corrected chi connectivity index (χ3v) is 5.58. The number of benzene rings is 4. The van der Waals surface area contributed by atoms with E-state index in [-0.39, 0.29) is 0 Å². The summed E-state index contributed by atoms with van der Waals surface area (Å²) >= 11 is 12.7. The Balaban J connectivity index is 1.62. The van der Waals surface area contributed by atoms with Crippen LogP contribution in [0.25, 0.3) is 0 Å². The van der Waals surface area contributed by atoms with Crippen LogP contribution < -0.4 is 4.74 Å². The van der Waals surface area contributed by atoms with Gasteiger partial charge >= 0.3 is 0 Å². The molecule has 0 radical (unpaired) electrons. The van der Waals surface area contributed by atoms with E-state index in [9.17, 15) is 0 Å². The Morgan fingerprint density at radius 3 is 1.21 bits per heavy atom. The number of halogens is 2. The van der Waals surface area contributed by atoms with Crippen molar-refractivity contribution in [2.45, 2.75) is 12.8 Å². The minimum absolute atomic E-state index is 0.711. The van der Waals surface area contributed by atoms with Crippen LogP contribution in [0.1, 0.15) is 22.3 Å². The third kappa shape index (κ3) is 4.82. The molecule has 0 bridgehead atoms. The molecule has 0 atom stereocenters. The largest absolute Gasteiger partial charge is 0.457 e. The maximum Gasteiger partial charge on any atom is 0.130 e. The topological polar surface area (TPSA) is 9.23 Å². The number of hydrogen-bond donors (Lipinski definition) is 0. The van der Waals surface area contributed by atoms with Crippen LogP contribution in [0.2, 0.25) is 10.0 Å². The second kappa shape index (κ2) is 9.17. The Labute approximate surface area is 181 Å². The van der Waals surface area contributed by atoms with Gasteiger partial charge in [-0.1, -0.05) is 96.0 Å². The van der Waals surface area contributed by atoms with E-state index in [4.69, 9.17) is 27.9 Å². The summed E-state index contributed by atoms with van der Waals surface area (Å²) in [6.45, 7) is 0. The van der Waals surface area contributed by atoms with E-state index in [1.54, 1.807) is 0 Å². The average molecular weight is 419 g/mol. The van der Waals surface area contributed by atoms with Gasteiger partial charge in [-0.05, 0) is 46.5 Å². The molecule has 4 aromatic rings. The summed E-state index contributed by atoms with van der Waals surface area (Å²) in [7, 11) is 0. The van der Waals surface area contributed by atoms with Gasteiger partial charge in [0.1, 0.15) is 11.5 Å². The zero-order valence-electron chi connectivity index (χ0n) is 15.8. The van der Waals surface area contributed by atoms with Gasteiger partial charge in [-0.3, -0.25) is 0 Å². The molecule has 3 heteroatoms. The summed E-state index contributed by atoms with van der Waals surface area (Å²) in [4.78, 5) is 0. The third-order valence-electron chi connectivity index (χ3n) is 4.84. The second-order valence-corrected chi connectivity index (χ2v) is 7.67. The monoisotopic (exact) mass is 418 g/mol. The molecule has 1 nitrogen and oxygen atoms in total. The van der Waals surface area contributed by atoms with Crippen molar-refractivity contribution < 1.29 is 4.74 Å². The van der Waals surface area contributed by atoms with Crippen LogP contribution in [0.15, 0.2) is 97.1 Å². The summed E-state index contributed by atoms with van der Waals surface area (Å²) in [5, 5.41) is 1.53. The van der Waals surface area contributed by atoms with Crippen molar-refractivity contribution in [3.05, 3.63) is 129 Å². The Bertz CT molecular complexity index is 1030. The highest BCUT2D eigenvalue weighted by atomic mass is 35.5. The van der Waals surface area contributed by atoms with Crippen molar-refractivity contribution in [3.8, 4) is 11.5 Å². The molecule has 0 saturated carbocycles. The maximum absolute atomic E-state index is 6.38. The highest BCUT2D eigenvalue weighted by Gasteiger charge is 2.11. The van der Waals surface area contributed by atoms with Crippen molar-refractivity contribution in [2.24, 2.45) is 0 Å². The van der Waals surface area contributed by atoms with Crippen LogP contribution in [-0.4, -0.2) is 0 Å². The maximum atomic E-state index is 6.38. The highest BCUT2D eigenvalue weighted by Crippen LogP contribution is 2.32. The molecule has 0 aliphatic heterocycles. The SMILES string of the molecule is Clc1ccccc1Cc1ccccc1Oc1ccccc1Cc1ccccc1Cl. The predicted molar refractivity (Wildman–Crippen MR) is 121 cm³/mol. The predicted octanol–water partition coefficient (Wildman–Crippen LogP) is 7.97. The van der Waals surface area contributed by atoms with E-state index in [0.29, 0.717) is 12.8 Å². The van der Waals surface area contributed by atoms with Crippen LogP contribution in [0.5, 0.6) is 11.5 Å². The molecule has 0 heterocycles. The lowest BCUT2D eigenvalue weighted by molar-refractivity contribution is 0.472. The van der Waals surface area contributed by atoms with Gasteiger partial charge in [0.05, 0.1) is 0 Å². The molecule has 29 heavy (non-hydrogen) atoms. The summed E-state index contributed by atoms with van der Waals surface area (Å²) < 4.78 is 6.38. The lowest BCUT2D eigenvalue weighted by atomic mass is 10.0. The summed E-state index contributed by atoms with van der Waals surface area (Å²) in [6, 6.07) is 32.0. The molecule has 0 fully saturated rings. The van der Waals surface area contributed by atoms with Gasteiger partial charge in [0.2, 0.25) is 0 Å². The van der Waals surface area contributed by atoms with Gasteiger partial charge in [-0.2, -0.15) is 0 Å².